The molecule has 3 rings (SSSR count). The van der Waals surface area contributed by atoms with Crippen molar-refractivity contribution >= 4 is 15.7 Å². The van der Waals surface area contributed by atoms with Crippen molar-refractivity contribution in [3.63, 3.8) is 0 Å². The van der Waals surface area contributed by atoms with Crippen LogP contribution in [-0.4, -0.2) is 43.4 Å². The highest BCUT2D eigenvalue weighted by Crippen LogP contribution is 2.24. The largest absolute Gasteiger partial charge is 0.494 e. The van der Waals surface area contributed by atoms with Gasteiger partial charge in [0.2, 0.25) is 0 Å². The zero-order chi connectivity index (χ0) is 19.4. The van der Waals surface area contributed by atoms with E-state index in [1.54, 1.807) is 29.2 Å². The highest BCUT2D eigenvalue weighted by atomic mass is 32.2. The maximum absolute atomic E-state index is 13.1. The van der Waals surface area contributed by atoms with Gasteiger partial charge in [0.15, 0.2) is 9.84 Å². The number of nitrogens with zero attached hydrogens (tertiary/aromatic N) is 1. The summed E-state index contributed by atoms with van der Waals surface area (Å²) in [7, 11) is -3.10. The van der Waals surface area contributed by atoms with E-state index >= 15 is 0 Å². The van der Waals surface area contributed by atoms with E-state index in [9.17, 15) is 13.2 Å². The number of sulfone groups is 1. The molecule has 0 unspecified atom stereocenters. The zero-order valence-corrected chi connectivity index (χ0v) is 16.5. The van der Waals surface area contributed by atoms with Gasteiger partial charge in [0.05, 0.1) is 24.7 Å². The van der Waals surface area contributed by atoms with Crippen molar-refractivity contribution in [2.24, 2.45) is 0 Å². The number of aryl methyl sites for hydroxylation is 1. The van der Waals surface area contributed by atoms with Crippen LogP contribution in [0.2, 0.25) is 0 Å². The van der Waals surface area contributed by atoms with Gasteiger partial charge in [0, 0.05) is 11.6 Å². The lowest BCUT2D eigenvalue weighted by molar-refractivity contribution is 0.0665. The van der Waals surface area contributed by atoms with Crippen molar-refractivity contribution in [3.8, 4) is 5.75 Å². The highest BCUT2D eigenvalue weighted by Gasteiger charge is 2.35. The van der Waals surface area contributed by atoms with Crippen molar-refractivity contribution in [1.82, 2.24) is 4.90 Å². The molecule has 1 atom stereocenters. The fourth-order valence-electron chi connectivity index (χ4n) is 3.21. The van der Waals surface area contributed by atoms with Gasteiger partial charge in [0.25, 0.3) is 5.91 Å². The molecule has 1 aromatic heterocycles. The number of hydrogen-bond donors (Lipinski definition) is 0. The first-order chi connectivity index (χ1) is 12.9. The van der Waals surface area contributed by atoms with Gasteiger partial charge in [-0.05, 0) is 56.2 Å². The number of amides is 1. The fraction of sp³-hybridized carbons (Fsp3) is 0.450. The molecule has 146 valence electrons. The number of hydrogen-bond acceptors (Lipinski definition) is 5. The number of carbonyl (C=O) groups excluding carboxylic acids is 1. The monoisotopic (exact) mass is 391 g/mol. The molecule has 1 fully saturated rings. The van der Waals surface area contributed by atoms with Gasteiger partial charge < -0.3 is 14.1 Å². The minimum atomic E-state index is -3.10. The number of benzene rings is 1. The predicted octanol–water partition coefficient (Wildman–Crippen LogP) is 3.21. The van der Waals surface area contributed by atoms with Crippen LogP contribution < -0.4 is 4.74 Å². The van der Waals surface area contributed by atoms with Crippen molar-refractivity contribution in [3.05, 3.63) is 53.5 Å². The van der Waals surface area contributed by atoms with Crippen LogP contribution in [0.5, 0.6) is 5.75 Å². The second-order valence-corrected chi connectivity index (χ2v) is 9.10. The van der Waals surface area contributed by atoms with Gasteiger partial charge in [-0.3, -0.25) is 4.79 Å². The standard InChI is InChI=1S/C20H25NO5S/c1-3-11-25-18-8-5-16(6-9-18)20(22)21(13-19-7-4-15(2)26-19)17-10-12-27(23,24)14-17/h4-9,17H,3,10-14H2,1-2H3/t17-/m1/s1. The average molecular weight is 391 g/mol. The Bertz CT molecular complexity index is 885. The molecule has 27 heavy (non-hydrogen) atoms. The normalized spacial score (nSPS) is 18.4. The van der Waals surface area contributed by atoms with Gasteiger partial charge in [0.1, 0.15) is 17.3 Å². The SMILES string of the molecule is CCCOc1ccc(C(=O)N(Cc2ccc(C)o2)[C@@H]2CCS(=O)(=O)C2)cc1. The molecule has 1 aliphatic heterocycles. The Balaban J connectivity index is 1.81. The molecule has 1 saturated heterocycles. The second-order valence-electron chi connectivity index (χ2n) is 6.88. The maximum Gasteiger partial charge on any atom is 0.254 e. The first-order valence-electron chi connectivity index (χ1n) is 9.17. The summed E-state index contributed by atoms with van der Waals surface area (Å²) in [5.41, 5.74) is 0.506. The van der Waals surface area contributed by atoms with Gasteiger partial charge in [-0.2, -0.15) is 0 Å². The van der Waals surface area contributed by atoms with Crippen molar-refractivity contribution < 1.29 is 22.4 Å². The summed E-state index contributed by atoms with van der Waals surface area (Å²) >= 11 is 0. The summed E-state index contributed by atoms with van der Waals surface area (Å²) < 4.78 is 35.0. The molecule has 2 aromatic rings. The third-order valence-corrected chi connectivity index (χ3v) is 6.36. The van der Waals surface area contributed by atoms with Crippen LogP contribution in [0.15, 0.2) is 40.8 Å². The Morgan fingerprint density at radius 2 is 1.96 bits per heavy atom. The molecular weight excluding hydrogens is 366 g/mol. The molecular formula is C20H25NO5S. The van der Waals surface area contributed by atoms with E-state index in [4.69, 9.17) is 9.15 Å². The second kappa shape index (κ2) is 8.17. The van der Waals surface area contributed by atoms with Crippen molar-refractivity contribution in [1.29, 1.82) is 0 Å². The number of rotatable bonds is 7. The lowest BCUT2D eigenvalue weighted by Gasteiger charge is -2.27. The zero-order valence-electron chi connectivity index (χ0n) is 15.7. The van der Waals surface area contributed by atoms with Crippen LogP contribution >= 0.6 is 0 Å². The van der Waals surface area contributed by atoms with E-state index in [0.29, 0.717) is 30.1 Å². The van der Waals surface area contributed by atoms with Crippen molar-refractivity contribution in [2.75, 3.05) is 18.1 Å². The van der Waals surface area contributed by atoms with Gasteiger partial charge in [-0.25, -0.2) is 8.42 Å². The van der Waals surface area contributed by atoms with E-state index in [1.807, 2.05) is 26.0 Å². The van der Waals surface area contributed by atoms with Crippen LogP contribution in [0.4, 0.5) is 0 Å². The van der Waals surface area contributed by atoms with Crippen LogP contribution in [0.1, 0.15) is 41.6 Å². The molecule has 0 spiro atoms. The highest BCUT2D eigenvalue weighted by molar-refractivity contribution is 7.91. The number of furan rings is 1. The topological polar surface area (TPSA) is 76.8 Å². The molecule has 0 N–H and O–H groups in total. The van der Waals surface area contributed by atoms with E-state index in [2.05, 4.69) is 0 Å². The Morgan fingerprint density at radius 3 is 2.52 bits per heavy atom. The molecule has 6 nitrogen and oxygen atoms in total. The van der Waals surface area contributed by atoms with Gasteiger partial charge in [-0.15, -0.1) is 0 Å². The van der Waals surface area contributed by atoms with Crippen LogP contribution in [0.3, 0.4) is 0 Å². The minimum absolute atomic E-state index is 0.00384. The Morgan fingerprint density at radius 1 is 1.22 bits per heavy atom. The Labute approximate surface area is 160 Å². The summed E-state index contributed by atoms with van der Waals surface area (Å²) in [6.45, 7) is 4.74. The molecule has 1 aromatic carbocycles. The molecule has 7 heteroatoms. The summed E-state index contributed by atoms with van der Waals surface area (Å²) in [5, 5.41) is 0. The first kappa shape index (κ1) is 19.5. The number of ether oxygens (including phenoxy) is 1. The van der Waals surface area contributed by atoms with Crippen LogP contribution in [-0.2, 0) is 16.4 Å². The Hall–Kier alpha value is -2.28. The Kier molecular flexibility index (Phi) is 5.89. The third-order valence-electron chi connectivity index (χ3n) is 4.61. The molecule has 0 saturated carbocycles. The maximum atomic E-state index is 13.1. The first-order valence-corrected chi connectivity index (χ1v) is 11.0. The minimum Gasteiger partial charge on any atom is -0.494 e. The molecule has 0 radical (unpaired) electrons. The van der Waals surface area contributed by atoms with E-state index < -0.39 is 9.84 Å². The molecule has 1 amide bonds. The summed E-state index contributed by atoms with van der Waals surface area (Å²) in [6, 6.07) is 10.3. The lowest BCUT2D eigenvalue weighted by Crippen LogP contribution is -2.40. The summed E-state index contributed by atoms with van der Waals surface area (Å²) in [5.74, 6) is 2.03. The molecule has 1 aliphatic rings. The van der Waals surface area contributed by atoms with E-state index in [1.165, 1.54) is 0 Å². The third kappa shape index (κ3) is 4.91. The lowest BCUT2D eigenvalue weighted by atomic mass is 10.1. The summed E-state index contributed by atoms with van der Waals surface area (Å²) in [4.78, 5) is 14.7. The quantitative estimate of drug-likeness (QED) is 0.724. The summed E-state index contributed by atoms with van der Waals surface area (Å²) in [6.07, 6.45) is 1.36. The van der Waals surface area contributed by atoms with E-state index in [0.717, 1.165) is 12.2 Å². The van der Waals surface area contributed by atoms with Crippen LogP contribution in [0.25, 0.3) is 0 Å². The van der Waals surface area contributed by atoms with Gasteiger partial charge in [-0.1, -0.05) is 6.92 Å². The molecule has 0 bridgehead atoms. The smallest absolute Gasteiger partial charge is 0.254 e. The molecule has 2 heterocycles. The van der Waals surface area contributed by atoms with Crippen LogP contribution in [0, 0.1) is 6.92 Å². The molecule has 0 aliphatic carbocycles. The number of carbonyl (C=O) groups is 1. The average Bonchev–Trinajstić information content (AvgIpc) is 3.22. The predicted molar refractivity (Wildman–Crippen MR) is 103 cm³/mol. The fourth-order valence-corrected chi connectivity index (χ4v) is 4.94. The van der Waals surface area contributed by atoms with Crippen molar-refractivity contribution in [2.45, 2.75) is 39.3 Å². The van der Waals surface area contributed by atoms with Gasteiger partial charge >= 0.3 is 0 Å². The van der Waals surface area contributed by atoms with E-state index in [-0.39, 0.29) is 30.0 Å².